The lowest BCUT2D eigenvalue weighted by atomic mass is 9.80. The van der Waals surface area contributed by atoms with Crippen LogP contribution in [0.1, 0.15) is 43.6 Å². The Bertz CT molecular complexity index is 580. The Kier molecular flexibility index (Phi) is 2.81. The van der Waals surface area contributed by atoms with Crippen LogP contribution in [0.4, 0.5) is 0 Å². The van der Waals surface area contributed by atoms with Gasteiger partial charge in [0.1, 0.15) is 0 Å². The zero-order chi connectivity index (χ0) is 14.4. The van der Waals surface area contributed by atoms with E-state index in [0.29, 0.717) is 11.3 Å². The molecule has 110 valence electrons. The Morgan fingerprint density at radius 3 is 2.38 bits per heavy atom. The molecule has 2 amide bonds. The quantitative estimate of drug-likeness (QED) is 0.835. The zero-order valence-electron chi connectivity index (χ0n) is 12.0. The fourth-order valence-corrected chi connectivity index (χ4v) is 3.76. The summed E-state index contributed by atoms with van der Waals surface area (Å²) < 4.78 is 0. The molecule has 1 aromatic carbocycles. The van der Waals surface area contributed by atoms with Gasteiger partial charge in [-0.25, -0.2) is 0 Å². The van der Waals surface area contributed by atoms with Crippen molar-refractivity contribution in [1.82, 2.24) is 10.9 Å². The van der Waals surface area contributed by atoms with Gasteiger partial charge in [-0.3, -0.25) is 20.4 Å². The second kappa shape index (κ2) is 4.58. The second-order valence-corrected chi connectivity index (χ2v) is 6.81. The van der Waals surface area contributed by atoms with Crippen molar-refractivity contribution in [3.63, 3.8) is 0 Å². The van der Waals surface area contributed by atoms with E-state index in [1.54, 1.807) is 0 Å². The predicted octanol–water partition coefficient (Wildman–Crippen LogP) is 2.13. The Balaban J connectivity index is 1.25. The molecule has 0 radical (unpaired) electrons. The van der Waals surface area contributed by atoms with Crippen LogP contribution < -0.4 is 10.9 Å². The smallest absolute Gasteiger partial charge is 0.242 e. The first kappa shape index (κ1) is 12.9. The first-order valence-corrected chi connectivity index (χ1v) is 7.84. The normalized spacial score (nSPS) is 31.1. The van der Waals surface area contributed by atoms with Gasteiger partial charge < -0.3 is 0 Å². The molecular formula is C17H20N2O2. The van der Waals surface area contributed by atoms with Gasteiger partial charge in [0, 0.05) is 11.8 Å². The molecule has 0 heterocycles. The molecule has 1 aromatic rings. The minimum atomic E-state index is -0.0551. The summed E-state index contributed by atoms with van der Waals surface area (Å²) in [6.45, 7) is 0. The minimum absolute atomic E-state index is 0.0000360. The van der Waals surface area contributed by atoms with Gasteiger partial charge in [0.15, 0.2) is 0 Å². The van der Waals surface area contributed by atoms with Crippen LogP contribution in [0.3, 0.4) is 0 Å². The van der Waals surface area contributed by atoms with Crippen molar-refractivity contribution >= 4 is 11.8 Å². The number of hydrogen-bond donors (Lipinski definition) is 2. The maximum Gasteiger partial charge on any atom is 0.242 e. The average molecular weight is 284 g/mol. The number of carbonyl (C=O) groups is 2. The van der Waals surface area contributed by atoms with Crippen molar-refractivity contribution in [2.45, 2.75) is 38.0 Å². The molecule has 4 heteroatoms. The molecular weight excluding hydrogens is 264 g/mol. The van der Waals surface area contributed by atoms with Gasteiger partial charge >= 0.3 is 0 Å². The van der Waals surface area contributed by atoms with E-state index in [4.69, 9.17) is 0 Å². The number of hydrazine groups is 1. The van der Waals surface area contributed by atoms with Crippen LogP contribution in [0.15, 0.2) is 30.3 Å². The van der Waals surface area contributed by atoms with Crippen LogP contribution in [0, 0.1) is 17.3 Å². The molecule has 3 saturated carbocycles. The van der Waals surface area contributed by atoms with Crippen LogP contribution >= 0.6 is 0 Å². The maximum atomic E-state index is 12.1. The largest absolute Gasteiger partial charge is 0.273 e. The summed E-state index contributed by atoms with van der Waals surface area (Å²) in [5.74, 6) is 0.391. The number of nitrogens with one attached hydrogen (secondary N) is 2. The third kappa shape index (κ3) is 2.23. The molecule has 4 rings (SSSR count). The van der Waals surface area contributed by atoms with Gasteiger partial charge in [0.2, 0.25) is 11.8 Å². The first-order chi connectivity index (χ1) is 10.2. The van der Waals surface area contributed by atoms with Crippen LogP contribution in [-0.2, 0) is 9.59 Å². The van der Waals surface area contributed by atoms with E-state index in [-0.39, 0.29) is 23.7 Å². The highest BCUT2D eigenvalue weighted by Crippen LogP contribution is 2.65. The highest BCUT2D eigenvalue weighted by atomic mass is 16.2. The van der Waals surface area contributed by atoms with Crippen LogP contribution in [-0.4, -0.2) is 11.8 Å². The van der Waals surface area contributed by atoms with E-state index in [2.05, 4.69) is 23.0 Å². The molecule has 0 saturated heterocycles. The Morgan fingerprint density at radius 2 is 1.76 bits per heavy atom. The fraction of sp³-hybridized carbons (Fsp3) is 0.529. The summed E-state index contributed by atoms with van der Waals surface area (Å²) >= 11 is 0. The van der Waals surface area contributed by atoms with E-state index in [9.17, 15) is 9.59 Å². The standard InChI is InChI=1S/C17H20N2O2/c20-15(13-9-12(13)11-5-2-1-3-6-11)18-19-16(21)14-10-17(14)7-4-8-17/h1-3,5-6,12-14H,4,7-10H2,(H,18,20)(H,19,21)/t12-,13-,14-/m0/s1. The third-order valence-corrected chi connectivity index (χ3v) is 5.52. The summed E-state index contributed by atoms with van der Waals surface area (Å²) in [4.78, 5) is 24.0. The molecule has 2 N–H and O–H groups in total. The number of rotatable bonds is 3. The molecule has 0 aromatic heterocycles. The lowest BCUT2D eigenvalue weighted by Gasteiger charge is -2.26. The van der Waals surface area contributed by atoms with Gasteiger partial charge in [-0.2, -0.15) is 0 Å². The van der Waals surface area contributed by atoms with E-state index >= 15 is 0 Å². The zero-order valence-corrected chi connectivity index (χ0v) is 12.0. The summed E-state index contributed by atoms with van der Waals surface area (Å²) in [6, 6.07) is 10.1. The topological polar surface area (TPSA) is 58.2 Å². The second-order valence-electron chi connectivity index (χ2n) is 6.81. The molecule has 3 atom stereocenters. The van der Waals surface area contributed by atoms with Crippen molar-refractivity contribution in [2.75, 3.05) is 0 Å². The predicted molar refractivity (Wildman–Crippen MR) is 78.0 cm³/mol. The van der Waals surface area contributed by atoms with Crippen molar-refractivity contribution in [2.24, 2.45) is 17.3 Å². The number of amides is 2. The lowest BCUT2D eigenvalue weighted by Crippen LogP contribution is -2.44. The summed E-state index contributed by atoms with van der Waals surface area (Å²) in [5, 5.41) is 0. The van der Waals surface area contributed by atoms with Crippen molar-refractivity contribution < 1.29 is 9.59 Å². The molecule has 21 heavy (non-hydrogen) atoms. The molecule has 3 fully saturated rings. The third-order valence-electron chi connectivity index (χ3n) is 5.52. The van der Waals surface area contributed by atoms with Gasteiger partial charge in [0.05, 0.1) is 0 Å². The Labute approximate surface area is 124 Å². The first-order valence-electron chi connectivity index (χ1n) is 7.84. The molecule has 0 bridgehead atoms. The monoisotopic (exact) mass is 284 g/mol. The number of hydrogen-bond acceptors (Lipinski definition) is 2. The molecule has 3 aliphatic carbocycles. The minimum Gasteiger partial charge on any atom is -0.273 e. The molecule has 0 unspecified atom stereocenters. The highest BCUT2D eigenvalue weighted by Gasteiger charge is 2.61. The number of benzene rings is 1. The van der Waals surface area contributed by atoms with Gasteiger partial charge in [-0.05, 0) is 42.6 Å². The Hall–Kier alpha value is -1.84. The maximum absolute atomic E-state index is 12.1. The summed E-state index contributed by atoms with van der Waals surface area (Å²) in [6.07, 6.45) is 5.48. The van der Waals surface area contributed by atoms with Crippen molar-refractivity contribution in [1.29, 1.82) is 0 Å². The SMILES string of the molecule is O=C(NNC(=O)[C@@H]1CC12CCC2)[C@H]1C[C@H]1c1ccccc1. The van der Waals surface area contributed by atoms with E-state index in [1.165, 1.54) is 24.8 Å². The van der Waals surface area contributed by atoms with E-state index in [0.717, 1.165) is 12.8 Å². The molecule has 0 aliphatic heterocycles. The average Bonchev–Trinajstić information content (AvgIpc) is 3.36. The van der Waals surface area contributed by atoms with Gasteiger partial charge in [-0.1, -0.05) is 36.8 Å². The van der Waals surface area contributed by atoms with Crippen LogP contribution in [0.2, 0.25) is 0 Å². The molecule has 4 nitrogen and oxygen atoms in total. The molecule has 1 spiro atoms. The fourth-order valence-electron chi connectivity index (χ4n) is 3.76. The van der Waals surface area contributed by atoms with Crippen molar-refractivity contribution in [3.05, 3.63) is 35.9 Å². The van der Waals surface area contributed by atoms with E-state index in [1.807, 2.05) is 18.2 Å². The molecule has 3 aliphatic rings. The number of carbonyl (C=O) groups excluding carboxylic acids is 2. The van der Waals surface area contributed by atoms with E-state index < -0.39 is 0 Å². The van der Waals surface area contributed by atoms with Crippen molar-refractivity contribution in [3.8, 4) is 0 Å². The summed E-state index contributed by atoms with van der Waals surface area (Å²) in [7, 11) is 0. The Morgan fingerprint density at radius 1 is 1.05 bits per heavy atom. The van der Waals surface area contributed by atoms with Gasteiger partial charge in [0.25, 0.3) is 0 Å². The van der Waals surface area contributed by atoms with Crippen LogP contribution in [0.25, 0.3) is 0 Å². The lowest BCUT2D eigenvalue weighted by molar-refractivity contribution is -0.131. The summed E-state index contributed by atoms with van der Waals surface area (Å²) in [5.41, 5.74) is 6.75. The van der Waals surface area contributed by atoms with Crippen LogP contribution in [0.5, 0.6) is 0 Å². The highest BCUT2D eigenvalue weighted by molar-refractivity contribution is 5.88. The van der Waals surface area contributed by atoms with Gasteiger partial charge in [-0.15, -0.1) is 0 Å².